The minimum Gasteiger partial charge on any atom is -0.388 e. The highest BCUT2D eigenvalue weighted by molar-refractivity contribution is 7.98. The lowest BCUT2D eigenvalue weighted by Gasteiger charge is -2.06. The number of nitro groups is 1. The molecule has 0 amide bonds. The second-order valence-corrected chi connectivity index (χ2v) is 5.17. The molecule has 0 bridgehead atoms. The zero-order valence-corrected chi connectivity index (χ0v) is 11.9. The van der Waals surface area contributed by atoms with Gasteiger partial charge in [-0.2, -0.15) is 0 Å². The topological polar surface area (TPSA) is 94.1 Å². The Morgan fingerprint density at radius 2 is 2.20 bits per heavy atom. The Morgan fingerprint density at radius 3 is 2.80 bits per heavy atom. The van der Waals surface area contributed by atoms with Crippen LogP contribution in [0.2, 0.25) is 0 Å². The molecule has 1 N–H and O–H groups in total. The average molecular weight is 294 g/mol. The van der Waals surface area contributed by atoms with Gasteiger partial charge in [-0.25, -0.2) is 0 Å². The third-order valence-electron chi connectivity index (χ3n) is 3.04. The van der Waals surface area contributed by atoms with Gasteiger partial charge in [-0.15, -0.1) is 10.2 Å². The van der Waals surface area contributed by atoms with Crippen LogP contribution in [0.1, 0.15) is 17.0 Å². The van der Waals surface area contributed by atoms with E-state index in [4.69, 9.17) is 5.11 Å². The fourth-order valence-corrected chi connectivity index (χ4v) is 2.77. The Bertz CT molecular complexity index is 642. The summed E-state index contributed by atoms with van der Waals surface area (Å²) in [5.74, 6) is 1.05. The minimum absolute atomic E-state index is 0.122. The maximum absolute atomic E-state index is 10.9. The molecule has 0 aliphatic heterocycles. The Labute approximate surface area is 119 Å². The van der Waals surface area contributed by atoms with Crippen molar-refractivity contribution in [3.8, 4) is 0 Å². The first-order valence-corrected chi connectivity index (χ1v) is 6.88. The Hall–Kier alpha value is -1.93. The molecule has 0 atom stereocenters. The van der Waals surface area contributed by atoms with Crippen LogP contribution in [0, 0.1) is 17.0 Å². The number of aromatic nitrogens is 3. The number of aliphatic hydroxyl groups excluding tert-OH is 1. The monoisotopic (exact) mass is 294 g/mol. The van der Waals surface area contributed by atoms with Gasteiger partial charge in [0.1, 0.15) is 6.61 Å². The first-order chi connectivity index (χ1) is 9.54. The van der Waals surface area contributed by atoms with E-state index in [0.717, 1.165) is 5.56 Å². The maximum atomic E-state index is 10.9. The summed E-state index contributed by atoms with van der Waals surface area (Å²) in [5, 5.41) is 28.4. The van der Waals surface area contributed by atoms with E-state index in [1.807, 2.05) is 6.07 Å². The normalized spacial score (nSPS) is 10.8. The van der Waals surface area contributed by atoms with Gasteiger partial charge in [0.2, 0.25) is 0 Å². The van der Waals surface area contributed by atoms with Crippen molar-refractivity contribution >= 4 is 17.4 Å². The molecule has 0 radical (unpaired) electrons. The molecule has 106 valence electrons. The zero-order valence-electron chi connectivity index (χ0n) is 11.1. The number of hydrogen-bond acceptors (Lipinski definition) is 6. The van der Waals surface area contributed by atoms with E-state index in [-0.39, 0.29) is 17.2 Å². The largest absolute Gasteiger partial charge is 0.388 e. The molecular formula is C12H14N4O3S. The van der Waals surface area contributed by atoms with Crippen LogP contribution in [-0.2, 0) is 19.4 Å². The van der Waals surface area contributed by atoms with Gasteiger partial charge >= 0.3 is 0 Å². The lowest BCUT2D eigenvalue weighted by molar-refractivity contribution is -0.385. The van der Waals surface area contributed by atoms with E-state index in [2.05, 4.69) is 10.2 Å². The first kappa shape index (κ1) is 14.5. The molecular weight excluding hydrogens is 280 g/mol. The van der Waals surface area contributed by atoms with Crippen LogP contribution in [-0.4, -0.2) is 24.8 Å². The van der Waals surface area contributed by atoms with Gasteiger partial charge in [-0.3, -0.25) is 10.1 Å². The van der Waals surface area contributed by atoms with Crippen molar-refractivity contribution in [3.05, 3.63) is 45.3 Å². The number of rotatable bonds is 5. The number of hydrogen-bond donors (Lipinski definition) is 1. The standard InChI is InChI=1S/C12H14N4O3S/c1-8-9(4-3-5-10(8)16(18)19)7-20-12-14-13-11(6-17)15(12)2/h3-5,17H,6-7H2,1-2H3. The van der Waals surface area contributed by atoms with Gasteiger partial charge in [0, 0.05) is 24.4 Å². The molecule has 0 spiro atoms. The van der Waals surface area contributed by atoms with Crippen LogP contribution in [0.4, 0.5) is 5.69 Å². The van der Waals surface area contributed by atoms with Crippen LogP contribution in [0.25, 0.3) is 0 Å². The second kappa shape index (κ2) is 6.02. The molecule has 1 aromatic heterocycles. The molecule has 2 aromatic rings. The maximum Gasteiger partial charge on any atom is 0.272 e. The number of aliphatic hydroxyl groups is 1. The summed E-state index contributed by atoms with van der Waals surface area (Å²) in [7, 11) is 1.77. The molecule has 0 saturated heterocycles. The van der Waals surface area contributed by atoms with Gasteiger partial charge in [-0.1, -0.05) is 23.9 Å². The molecule has 2 rings (SSSR count). The predicted octanol–water partition coefficient (Wildman–Crippen LogP) is 1.82. The number of nitrogens with zero attached hydrogens (tertiary/aromatic N) is 4. The molecule has 0 fully saturated rings. The smallest absolute Gasteiger partial charge is 0.272 e. The summed E-state index contributed by atoms with van der Waals surface area (Å²) in [6.07, 6.45) is 0. The highest BCUT2D eigenvalue weighted by atomic mass is 32.2. The molecule has 8 heteroatoms. The molecule has 0 saturated carbocycles. The fraction of sp³-hybridized carbons (Fsp3) is 0.333. The van der Waals surface area contributed by atoms with Crippen molar-refractivity contribution in [1.29, 1.82) is 0 Å². The summed E-state index contributed by atoms with van der Waals surface area (Å²) in [5.41, 5.74) is 1.67. The van der Waals surface area contributed by atoms with E-state index in [1.165, 1.54) is 17.8 Å². The summed E-state index contributed by atoms with van der Waals surface area (Å²) >= 11 is 1.43. The van der Waals surface area contributed by atoms with Crippen LogP contribution in [0.3, 0.4) is 0 Å². The fourth-order valence-electron chi connectivity index (χ4n) is 1.77. The van der Waals surface area contributed by atoms with E-state index in [0.29, 0.717) is 22.3 Å². The Kier molecular flexibility index (Phi) is 4.35. The molecule has 0 aliphatic carbocycles. The third kappa shape index (κ3) is 2.81. The van der Waals surface area contributed by atoms with Gasteiger partial charge in [0.15, 0.2) is 11.0 Å². The van der Waals surface area contributed by atoms with E-state index >= 15 is 0 Å². The summed E-state index contributed by atoms with van der Waals surface area (Å²) in [6, 6.07) is 5.03. The van der Waals surface area contributed by atoms with Gasteiger partial charge in [0.25, 0.3) is 5.69 Å². The lowest BCUT2D eigenvalue weighted by Crippen LogP contribution is -1.99. The quantitative estimate of drug-likeness (QED) is 0.513. The zero-order chi connectivity index (χ0) is 14.7. The first-order valence-electron chi connectivity index (χ1n) is 5.89. The van der Waals surface area contributed by atoms with E-state index < -0.39 is 0 Å². The summed E-state index contributed by atoms with van der Waals surface area (Å²) in [6.45, 7) is 1.57. The van der Waals surface area contributed by atoms with Gasteiger partial charge < -0.3 is 9.67 Å². The van der Waals surface area contributed by atoms with Crippen molar-refractivity contribution in [2.24, 2.45) is 7.05 Å². The Morgan fingerprint density at radius 1 is 1.45 bits per heavy atom. The number of benzene rings is 1. The number of thioether (sulfide) groups is 1. The van der Waals surface area contributed by atoms with E-state index in [1.54, 1.807) is 24.6 Å². The van der Waals surface area contributed by atoms with Crippen LogP contribution in [0.5, 0.6) is 0 Å². The van der Waals surface area contributed by atoms with Gasteiger partial charge in [0.05, 0.1) is 4.92 Å². The average Bonchev–Trinajstić information content (AvgIpc) is 2.78. The van der Waals surface area contributed by atoms with Crippen molar-refractivity contribution in [2.45, 2.75) is 24.4 Å². The van der Waals surface area contributed by atoms with Crippen LogP contribution < -0.4 is 0 Å². The minimum atomic E-state index is -0.379. The molecule has 0 unspecified atom stereocenters. The van der Waals surface area contributed by atoms with Crippen molar-refractivity contribution in [3.63, 3.8) is 0 Å². The summed E-state index contributed by atoms with van der Waals surface area (Å²) < 4.78 is 1.71. The summed E-state index contributed by atoms with van der Waals surface area (Å²) in [4.78, 5) is 10.5. The van der Waals surface area contributed by atoms with Crippen LogP contribution >= 0.6 is 11.8 Å². The highest BCUT2D eigenvalue weighted by Crippen LogP contribution is 2.27. The van der Waals surface area contributed by atoms with Gasteiger partial charge in [-0.05, 0) is 12.5 Å². The molecule has 1 heterocycles. The lowest BCUT2D eigenvalue weighted by atomic mass is 10.1. The van der Waals surface area contributed by atoms with Crippen LogP contribution in [0.15, 0.2) is 23.4 Å². The molecule has 0 aliphatic rings. The molecule has 1 aromatic carbocycles. The SMILES string of the molecule is Cc1c(CSc2nnc(CO)n2C)cccc1[N+](=O)[O-]. The Balaban J connectivity index is 2.17. The van der Waals surface area contributed by atoms with E-state index in [9.17, 15) is 10.1 Å². The van der Waals surface area contributed by atoms with Crippen molar-refractivity contribution in [1.82, 2.24) is 14.8 Å². The second-order valence-electron chi connectivity index (χ2n) is 4.22. The van der Waals surface area contributed by atoms with Crippen molar-refractivity contribution in [2.75, 3.05) is 0 Å². The van der Waals surface area contributed by atoms with Crippen molar-refractivity contribution < 1.29 is 10.0 Å². The highest BCUT2D eigenvalue weighted by Gasteiger charge is 2.14. The number of nitro benzene ring substituents is 1. The predicted molar refractivity (Wildman–Crippen MR) is 74.3 cm³/mol. The molecule has 20 heavy (non-hydrogen) atoms. The third-order valence-corrected chi connectivity index (χ3v) is 4.11. The molecule has 7 nitrogen and oxygen atoms in total.